The maximum absolute atomic E-state index is 12.9. The fourth-order valence-electron chi connectivity index (χ4n) is 3.59. The highest BCUT2D eigenvalue weighted by Gasteiger charge is 2.29. The second-order valence-electron chi connectivity index (χ2n) is 7.18. The van der Waals surface area contributed by atoms with E-state index in [2.05, 4.69) is 4.90 Å². The molecule has 0 bridgehead atoms. The Morgan fingerprint density at radius 3 is 2.16 bits per heavy atom. The highest BCUT2D eigenvalue weighted by Crippen LogP contribution is 2.30. The Hall–Kier alpha value is -3.24. The number of hydrogen-bond acceptors (Lipinski definition) is 7. The highest BCUT2D eigenvalue weighted by molar-refractivity contribution is 6.30. The summed E-state index contributed by atoms with van der Waals surface area (Å²) in [6, 6.07) is 7.60. The highest BCUT2D eigenvalue weighted by atomic mass is 35.5. The lowest BCUT2D eigenvalue weighted by Gasteiger charge is -2.35. The van der Waals surface area contributed by atoms with Crippen LogP contribution in [0.5, 0.6) is 5.75 Å². The quantitative estimate of drug-likeness (QED) is 0.490. The minimum absolute atomic E-state index is 0.0611. The van der Waals surface area contributed by atoms with Crippen LogP contribution in [0.25, 0.3) is 0 Å². The van der Waals surface area contributed by atoms with Gasteiger partial charge in [0.05, 0.1) is 22.5 Å². The molecule has 3 rings (SSSR count). The Kier molecular flexibility index (Phi) is 6.71. The third kappa shape index (κ3) is 4.92. The fraction of sp³-hybridized carbons (Fsp3) is 0.350. The van der Waals surface area contributed by atoms with E-state index in [4.69, 9.17) is 16.3 Å². The zero-order chi connectivity index (χ0) is 22.7. The number of rotatable bonds is 6. The predicted octanol–water partition coefficient (Wildman–Crippen LogP) is 3.43. The zero-order valence-electron chi connectivity index (χ0n) is 17.0. The molecule has 0 aromatic heterocycles. The van der Waals surface area contributed by atoms with E-state index in [1.807, 2.05) is 6.07 Å². The van der Waals surface area contributed by atoms with Crippen LogP contribution in [0.3, 0.4) is 0 Å². The van der Waals surface area contributed by atoms with Crippen LogP contribution < -0.4 is 4.74 Å². The molecule has 10 nitrogen and oxygen atoms in total. The number of piperazine rings is 1. The molecule has 2 aromatic rings. The van der Waals surface area contributed by atoms with Crippen LogP contribution in [-0.2, 0) is 6.54 Å². The summed E-state index contributed by atoms with van der Waals surface area (Å²) in [5.41, 5.74) is -0.0890. The standard InChI is InChI=1S/C20H21ClN4O6/c1-13-17(24(27)28)10-14(11-18(13)25(29)30)20(26)23-7-5-22(6-8-23)12-15-9-16(21)3-4-19(15)31-2/h3-4,9-11H,5-8,12H2,1-2H3. The summed E-state index contributed by atoms with van der Waals surface area (Å²) in [6.45, 7) is 3.80. The fourth-order valence-corrected chi connectivity index (χ4v) is 3.78. The van der Waals surface area contributed by atoms with Gasteiger partial charge in [-0.2, -0.15) is 0 Å². The van der Waals surface area contributed by atoms with Gasteiger partial charge in [-0.1, -0.05) is 11.6 Å². The second kappa shape index (κ2) is 9.27. The Bertz CT molecular complexity index is 1000. The molecule has 1 saturated heterocycles. The molecule has 1 aliphatic rings. The minimum atomic E-state index is -0.713. The van der Waals surface area contributed by atoms with E-state index >= 15 is 0 Å². The van der Waals surface area contributed by atoms with Crippen LogP contribution in [0.1, 0.15) is 21.5 Å². The topological polar surface area (TPSA) is 119 Å². The first-order chi connectivity index (χ1) is 14.7. The number of methoxy groups -OCH3 is 1. The van der Waals surface area contributed by atoms with Gasteiger partial charge >= 0.3 is 0 Å². The summed E-state index contributed by atoms with van der Waals surface area (Å²) in [5.74, 6) is 0.258. The normalized spacial score (nSPS) is 14.4. The van der Waals surface area contributed by atoms with Crippen molar-refractivity contribution in [3.8, 4) is 5.75 Å². The average molecular weight is 449 g/mol. The summed E-state index contributed by atoms with van der Waals surface area (Å²) in [5, 5.41) is 23.1. The largest absolute Gasteiger partial charge is 0.496 e. The van der Waals surface area contributed by atoms with E-state index in [0.717, 1.165) is 23.4 Å². The van der Waals surface area contributed by atoms with Crippen LogP contribution in [0.2, 0.25) is 5.02 Å². The van der Waals surface area contributed by atoms with Gasteiger partial charge in [-0.05, 0) is 25.1 Å². The van der Waals surface area contributed by atoms with Crippen LogP contribution in [0.4, 0.5) is 11.4 Å². The monoisotopic (exact) mass is 448 g/mol. The smallest absolute Gasteiger partial charge is 0.279 e. The number of ether oxygens (including phenoxy) is 1. The number of amides is 1. The average Bonchev–Trinajstić information content (AvgIpc) is 2.73. The molecule has 2 aromatic carbocycles. The number of carbonyl (C=O) groups excluding carboxylic acids is 1. The molecule has 1 aliphatic heterocycles. The van der Waals surface area contributed by atoms with E-state index in [-0.39, 0.29) is 11.1 Å². The number of benzene rings is 2. The van der Waals surface area contributed by atoms with Gasteiger partial charge in [-0.3, -0.25) is 29.9 Å². The summed E-state index contributed by atoms with van der Waals surface area (Å²) < 4.78 is 5.37. The van der Waals surface area contributed by atoms with E-state index in [1.165, 1.54) is 6.92 Å². The first-order valence-electron chi connectivity index (χ1n) is 9.48. The van der Waals surface area contributed by atoms with Crippen molar-refractivity contribution in [3.05, 3.63) is 72.3 Å². The number of nitro groups is 2. The lowest BCUT2D eigenvalue weighted by atomic mass is 10.1. The number of nitro benzene ring substituents is 2. The second-order valence-corrected chi connectivity index (χ2v) is 7.61. The molecular weight excluding hydrogens is 428 g/mol. The van der Waals surface area contributed by atoms with Gasteiger partial charge < -0.3 is 9.64 Å². The molecule has 1 heterocycles. The number of carbonyl (C=O) groups is 1. The van der Waals surface area contributed by atoms with Crippen molar-refractivity contribution in [1.82, 2.24) is 9.80 Å². The molecule has 1 amide bonds. The van der Waals surface area contributed by atoms with Crippen molar-refractivity contribution in [2.24, 2.45) is 0 Å². The van der Waals surface area contributed by atoms with Gasteiger partial charge in [0.25, 0.3) is 17.3 Å². The van der Waals surface area contributed by atoms with Crippen LogP contribution in [-0.4, -0.2) is 58.8 Å². The molecule has 0 spiro atoms. The SMILES string of the molecule is COc1ccc(Cl)cc1CN1CCN(C(=O)c2cc([N+](=O)[O-])c(C)c([N+](=O)[O-])c2)CC1. The van der Waals surface area contributed by atoms with Gasteiger partial charge in [0, 0.05) is 55.4 Å². The first kappa shape index (κ1) is 22.4. The molecule has 0 atom stereocenters. The van der Waals surface area contributed by atoms with Crippen LogP contribution >= 0.6 is 11.6 Å². The Labute approximate surface area is 183 Å². The third-order valence-corrected chi connectivity index (χ3v) is 5.52. The van der Waals surface area contributed by atoms with E-state index in [0.29, 0.717) is 37.7 Å². The molecule has 0 radical (unpaired) electrons. The van der Waals surface area contributed by atoms with Crippen molar-refractivity contribution in [2.75, 3.05) is 33.3 Å². The molecule has 164 valence electrons. The number of nitrogens with zero attached hydrogens (tertiary/aromatic N) is 4. The van der Waals surface area contributed by atoms with Crippen molar-refractivity contribution in [3.63, 3.8) is 0 Å². The van der Waals surface area contributed by atoms with Crippen LogP contribution in [0.15, 0.2) is 30.3 Å². The lowest BCUT2D eigenvalue weighted by Crippen LogP contribution is -2.48. The van der Waals surface area contributed by atoms with E-state index in [1.54, 1.807) is 24.1 Å². The van der Waals surface area contributed by atoms with Crippen molar-refractivity contribution in [2.45, 2.75) is 13.5 Å². The molecule has 31 heavy (non-hydrogen) atoms. The summed E-state index contributed by atoms with van der Waals surface area (Å²) in [6.07, 6.45) is 0. The van der Waals surface area contributed by atoms with Crippen LogP contribution in [0, 0.1) is 27.2 Å². The summed E-state index contributed by atoms with van der Waals surface area (Å²) in [7, 11) is 1.59. The lowest BCUT2D eigenvalue weighted by molar-refractivity contribution is -0.395. The van der Waals surface area contributed by atoms with E-state index < -0.39 is 27.1 Å². The van der Waals surface area contributed by atoms with Gasteiger partial charge in [0.1, 0.15) is 11.3 Å². The molecule has 1 fully saturated rings. The molecule has 0 saturated carbocycles. The molecule has 0 unspecified atom stereocenters. The van der Waals surface area contributed by atoms with Crippen molar-refractivity contribution >= 4 is 28.9 Å². The zero-order valence-corrected chi connectivity index (χ0v) is 17.8. The molecular formula is C20H21ClN4O6. The molecule has 0 N–H and O–H groups in total. The summed E-state index contributed by atoms with van der Waals surface area (Å²) >= 11 is 6.08. The Balaban J connectivity index is 1.73. The van der Waals surface area contributed by atoms with Gasteiger partial charge in [0.2, 0.25) is 0 Å². The maximum Gasteiger partial charge on any atom is 0.279 e. The van der Waals surface area contributed by atoms with E-state index in [9.17, 15) is 25.0 Å². The van der Waals surface area contributed by atoms with Gasteiger partial charge in [-0.15, -0.1) is 0 Å². The maximum atomic E-state index is 12.9. The number of hydrogen-bond donors (Lipinski definition) is 0. The predicted molar refractivity (Wildman–Crippen MR) is 114 cm³/mol. The first-order valence-corrected chi connectivity index (χ1v) is 9.86. The van der Waals surface area contributed by atoms with Gasteiger partial charge in [-0.25, -0.2) is 0 Å². The van der Waals surface area contributed by atoms with Crippen molar-refractivity contribution < 1.29 is 19.4 Å². The Morgan fingerprint density at radius 2 is 1.65 bits per heavy atom. The third-order valence-electron chi connectivity index (χ3n) is 5.29. The van der Waals surface area contributed by atoms with Gasteiger partial charge in [0.15, 0.2) is 0 Å². The Morgan fingerprint density at radius 1 is 1.06 bits per heavy atom. The minimum Gasteiger partial charge on any atom is -0.496 e. The summed E-state index contributed by atoms with van der Waals surface area (Å²) in [4.78, 5) is 37.7. The molecule has 0 aliphatic carbocycles. The van der Waals surface area contributed by atoms with Crippen molar-refractivity contribution in [1.29, 1.82) is 0 Å². The molecule has 11 heteroatoms. The number of halogens is 1.